The van der Waals surface area contributed by atoms with Gasteiger partial charge in [0.05, 0.1) is 13.5 Å². The number of nitrogens with two attached hydrogens (primary N) is 1. The molecule has 72 valence electrons. The highest BCUT2D eigenvalue weighted by Crippen LogP contribution is 1.82. The van der Waals surface area contributed by atoms with Crippen molar-refractivity contribution in [2.45, 2.75) is 26.3 Å². The molecule has 0 bridgehead atoms. The van der Waals surface area contributed by atoms with Gasteiger partial charge in [-0.25, -0.2) is 0 Å². The summed E-state index contributed by atoms with van der Waals surface area (Å²) in [4.78, 5) is 19.3. The van der Waals surface area contributed by atoms with Crippen LogP contribution in [0.2, 0.25) is 0 Å². The summed E-state index contributed by atoms with van der Waals surface area (Å²) in [7, 11) is 1.35. The highest BCUT2D eigenvalue weighted by molar-refractivity contribution is 5.67. The highest BCUT2D eigenvalue weighted by atomic mass is 16.5. The molecule has 0 aliphatic rings. The molecule has 0 saturated carbocycles. The fraction of sp³-hybridized carbons (Fsp3) is 0.714. The zero-order chi connectivity index (χ0) is 10.1. The van der Waals surface area contributed by atoms with E-state index in [0.29, 0.717) is 0 Å². The quantitative estimate of drug-likeness (QED) is 0.579. The molecule has 0 fully saturated rings. The van der Waals surface area contributed by atoms with Gasteiger partial charge in [-0.15, -0.1) is 0 Å². The largest absolute Gasteiger partial charge is 0.481 e. The number of esters is 1. The second-order valence-corrected chi connectivity index (χ2v) is 2.27. The first kappa shape index (κ1) is 13.5. The number of carboxylic acid groups (broad SMARTS) is 1. The third-order valence-corrected chi connectivity index (χ3v) is 0.784. The molecule has 0 aromatic rings. The van der Waals surface area contributed by atoms with Gasteiger partial charge < -0.3 is 15.6 Å². The molecule has 0 unspecified atom stereocenters. The molecular weight excluding hydrogens is 162 g/mol. The van der Waals surface area contributed by atoms with Gasteiger partial charge in [0, 0.05) is 13.0 Å². The Morgan fingerprint density at radius 1 is 1.58 bits per heavy atom. The molecule has 0 aromatic carbocycles. The summed E-state index contributed by atoms with van der Waals surface area (Å²) < 4.78 is 4.11. The Labute approximate surface area is 71.5 Å². The molecule has 0 aliphatic carbocycles. The van der Waals surface area contributed by atoms with E-state index in [1.54, 1.807) is 6.92 Å². The van der Waals surface area contributed by atoms with Crippen LogP contribution >= 0.6 is 0 Å². The lowest BCUT2D eigenvalue weighted by atomic mass is 10.3. The lowest BCUT2D eigenvalue weighted by molar-refractivity contribution is -0.138. The van der Waals surface area contributed by atoms with Crippen LogP contribution < -0.4 is 5.73 Å². The molecule has 0 saturated heterocycles. The normalized spacial score (nSPS) is 10.7. The maximum Gasteiger partial charge on any atom is 0.304 e. The van der Waals surface area contributed by atoms with Crippen LogP contribution in [0.5, 0.6) is 0 Å². The van der Waals surface area contributed by atoms with Gasteiger partial charge in [0.2, 0.25) is 0 Å². The Morgan fingerprint density at radius 2 is 1.92 bits per heavy atom. The smallest absolute Gasteiger partial charge is 0.304 e. The van der Waals surface area contributed by atoms with Gasteiger partial charge in [0.25, 0.3) is 0 Å². The van der Waals surface area contributed by atoms with E-state index in [1.807, 2.05) is 0 Å². The van der Waals surface area contributed by atoms with Crippen molar-refractivity contribution in [3.05, 3.63) is 0 Å². The lowest BCUT2D eigenvalue weighted by Crippen LogP contribution is -2.18. The average Bonchev–Trinajstić information content (AvgIpc) is 1.85. The fourth-order valence-corrected chi connectivity index (χ4v) is 0.275. The molecule has 0 aliphatic heterocycles. The molecule has 5 nitrogen and oxygen atoms in total. The lowest BCUT2D eigenvalue weighted by Gasteiger charge is -1.95. The van der Waals surface area contributed by atoms with Crippen molar-refractivity contribution < 1.29 is 19.4 Å². The number of rotatable bonds is 2. The SMILES string of the molecule is COC(C)=O.C[C@@H](N)CC(=O)O. The summed E-state index contributed by atoms with van der Waals surface area (Å²) in [5, 5.41) is 8.00. The van der Waals surface area contributed by atoms with Crippen molar-refractivity contribution in [2.24, 2.45) is 5.73 Å². The van der Waals surface area contributed by atoms with Gasteiger partial charge in [0.15, 0.2) is 0 Å². The van der Waals surface area contributed by atoms with Gasteiger partial charge in [0.1, 0.15) is 0 Å². The summed E-state index contributed by atoms with van der Waals surface area (Å²) in [5.74, 6) is -1.08. The number of methoxy groups -OCH3 is 1. The van der Waals surface area contributed by atoms with Gasteiger partial charge in [-0.2, -0.15) is 0 Å². The highest BCUT2D eigenvalue weighted by Gasteiger charge is 1.98. The Balaban J connectivity index is 0. The summed E-state index contributed by atoms with van der Waals surface area (Å²) in [5.41, 5.74) is 5.11. The minimum atomic E-state index is -0.838. The minimum Gasteiger partial charge on any atom is -0.481 e. The van der Waals surface area contributed by atoms with E-state index >= 15 is 0 Å². The predicted molar refractivity (Wildman–Crippen MR) is 43.6 cm³/mol. The van der Waals surface area contributed by atoms with E-state index in [2.05, 4.69) is 4.74 Å². The van der Waals surface area contributed by atoms with E-state index in [1.165, 1.54) is 14.0 Å². The summed E-state index contributed by atoms with van der Waals surface area (Å²) >= 11 is 0. The van der Waals surface area contributed by atoms with Crippen LogP contribution in [0.4, 0.5) is 0 Å². The van der Waals surface area contributed by atoms with Crippen LogP contribution in [-0.2, 0) is 14.3 Å². The number of hydrogen-bond acceptors (Lipinski definition) is 4. The van der Waals surface area contributed by atoms with E-state index in [-0.39, 0.29) is 18.4 Å². The summed E-state index contributed by atoms with van der Waals surface area (Å²) in [6.45, 7) is 3.02. The van der Waals surface area contributed by atoms with Crippen LogP contribution in [0.25, 0.3) is 0 Å². The van der Waals surface area contributed by atoms with Gasteiger partial charge in [-0.1, -0.05) is 0 Å². The molecule has 1 atom stereocenters. The average molecular weight is 177 g/mol. The number of ether oxygens (including phenoxy) is 1. The fourth-order valence-electron chi connectivity index (χ4n) is 0.275. The second-order valence-electron chi connectivity index (χ2n) is 2.27. The van der Waals surface area contributed by atoms with E-state index in [0.717, 1.165) is 0 Å². The topological polar surface area (TPSA) is 89.6 Å². The number of carboxylic acids is 1. The molecule has 3 N–H and O–H groups in total. The number of aliphatic carboxylic acids is 1. The Hall–Kier alpha value is -1.10. The van der Waals surface area contributed by atoms with Crippen molar-refractivity contribution in [3.8, 4) is 0 Å². The standard InChI is InChI=1S/C4H9NO2.C3H6O2/c1-3(5)2-4(6)7;1-3(4)5-2/h3H,2,5H2,1H3,(H,6,7);1-2H3/t3-;/m1./s1. The molecule has 0 spiro atoms. The van der Waals surface area contributed by atoms with Crippen LogP contribution in [0.3, 0.4) is 0 Å². The van der Waals surface area contributed by atoms with Crippen LogP contribution in [-0.4, -0.2) is 30.2 Å². The van der Waals surface area contributed by atoms with Crippen molar-refractivity contribution >= 4 is 11.9 Å². The molecule has 5 heteroatoms. The van der Waals surface area contributed by atoms with Crippen molar-refractivity contribution in [2.75, 3.05) is 7.11 Å². The van der Waals surface area contributed by atoms with Gasteiger partial charge in [-0.05, 0) is 6.92 Å². The maximum atomic E-state index is 9.73. The van der Waals surface area contributed by atoms with E-state index < -0.39 is 5.97 Å². The first-order valence-electron chi connectivity index (χ1n) is 3.42. The van der Waals surface area contributed by atoms with Crippen LogP contribution in [0.15, 0.2) is 0 Å². The first-order valence-corrected chi connectivity index (χ1v) is 3.42. The zero-order valence-electron chi connectivity index (χ0n) is 7.53. The van der Waals surface area contributed by atoms with Gasteiger partial charge in [-0.3, -0.25) is 9.59 Å². The summed E-state index contributed by atoms with van der Waals surface area (Å²) in [6, 6.07) is -0.225. The number of hydrogen-bond donors (Lipinski definition) is 2. The molecule has 0 amide bonds. The van der Waals surface area contributed by atoms with Gasteiger partial charge >= 0.3 is 11.9 Å². The minimum absolute atomic E-state index is 0.0556. The molecule has 0 radical (unpaired) electrons. The molecule has 0 rings (SSSR count). The van der Waals surface area contributed by atoms with E-state index in [9.17, 15) is 9.59 Å². The Kier molecular flexibility index (Phi) is 8.99. The maximum absolute atomic E-state index is 9.73. The Bertz CT molecular complexity index is 144. The second kappa shape index (κ2) is 8.00. The number of carbonyl (C=O) groups is 2. The third kappa shape index (κ3) is 23.1. The first-order chi connectivity index (χ1) is 5.40. The molecule has 12 heavy (non-hydrogen) atoms. The number of carbonyl (C=O) groups excluding carboxylic acids is 1. The molecule has 0 heterocycles. The predicted octanol–water partition coefficient (Wildman–Crippen LogP) is -0.0124. The molecule has 0 aromatic heterocycles. The van der Waals surface area contributed by atoms with Crippen molar-refractivity contribution in [1.82, 2.24) is 0 Å². The van der Waals surface area contributed by atoms with Crippen molar-refractivity contribution in [3.63, 3.8) is 0 Å². The van der Waals surface area contributed by atoms with Crippen molar-refractivity contribution in [1.29, 1.82) is 0 Å². The third-order valence-electron chi connectivity index (χ3n) is 0.784. The van der Waals surface area contributed by atoms with Crippen LogP contribution in [0, 0.1) is 0 Å². The Morgan fingerprint density at radius 3 is 1.92 bits per heavy atom. The molecular formula is C7H15NO4. The summed E-state index contributed by atoms with van der Waals surface area (Å²) in [6.07, 6.45) is 0.0556. The monoisotopic (exact) mass is 177 g/mol. The van der Waals surface area contributed by atoms with E-state index in [4.69, 9.17) is 10.8 Å². The zero-order valence-corrected chi connectivity index (χ0v) is 7.53. The van der Waals surface area contributed by atoms with Crippen LogP contribution in [0.1, 0.15) is 20.3 Å².